The van der Waals surface area contributed by atoms with E-state index in [1.807, 2.05) is 28.9 Å². The SMILES string of the molecule is Clc1cc(-c2ccccc2)nn1C1CCCC1. The minimum absolute atomic E-state index is 0.500. The Labute approximate surface area is 106 Å². The average Bonchev–Trinajstić information content (AvgIpc) is 2.99. The smallest absolute Gasteiger partial charge is 0.128 e. The zero-order valence-electron chi connectivity index (χ0n) is 9.64. The van der Waals surface area contributed by atoms with Crippen molar-refractivity contribution in [3.8, 4) is 11.3 Å². The van der Waals surface area contributed by atoms with E-state index in [4.69, 9.17) is 11.6 Å². The van der Waals surface area contributed by atoms with Gasteiger partial charge >= 0.3 is 0 Å². The normalized spacial score (nSPS) is 16.5. The maximum atomic E-state index is 6.28. The molecule has 1 aromatic heterocycles. The fourth-order valence-corrected chi connectivity index (χ4v) is 2.81. The maximum absolute atomic E-state index is 6.28. The summed E-state index contributed by atoms with van der Waals surface area (Å²) in [4.78, 5) is 0. The molecule has 0 atom stereocenters. The van der Waals surface area contributed by atoms with Crippen molar-refractivity contribution in [3.63, 3.8) is 0 Å². The summed E-state index contributed by atoms with van der Waals surface area (Å²) in [7, 11) is 0. The van der Waals surface area contributed by atoms with Gasteiger partial charge in [-0.2, -0.15) is 5.10 Å². The van der Waals surface area contributed by atoms with Gasteiger partial charge in [0.05, 0.1) is 11.7 Å². The third-order valence-corrected chi connectivity index (χ3v) is 3.71. The van der Waals surface area contributed by atoms with Crippen molar-refractivity contribution in [2.24, 2.45) is 0 Å². The van der Waals surface area contributed by atoms with Gasteiger partial charge in [-0.3, -0.25) is 4.68 Å². The summed E-state index contributed by atoms with van der Waals surface area (Å²) < 4.78 is 2.00. The van der Waals surface area contributed by atoms with E-state index in [1.54, 1.807) is 0 Å². The summed E-state index contributed by atoms with van der Waals surface area (Å²) in [6.07, 6.45) is 4.99. The monoisotopic (exact) mass is 246 g/mol. The standard InChI is InChI=1S/C14H15ClN2/c15-14-10-13(11-6-2-1-3-7-11)16-17(14)12-8-4-5-9-12/h1-3,6-7,10,12H,4-5,8-9H2. The second kappa shape index (κ2) is 4.53. The Morgan fingerprint density at radius 3 is 2.53 bits per heavy atom. The molecule has 0 N–H and O–H groups in total. The van der Waals surface area contributed by atoms with Crippen LogP contribution in [0.4, 0.5) is 0 Å². The highest BCUT2D eigenvalue weighted by molar-refractivity contribution is 6.29. The first-order chi connectivity index (χ1) is 8.34. The van der Waals surface area contributed by atoms with E-state index in [0.29, 0.717) is 6.04 Å². The average molecular weight is 247 g/mol. The summed E-state index contributed by atoms with van der Waals surface area (Å²) in [6, 6.07) is 12.7. The van der Waals surface area contributed by atoms with Crippen LogP contribution in [0.1, 0.15) is 31.7 Å². The lowest BCUT2D eigenvalue weighted by Crippen LogP contribution is -2.06. The van der Waals surface area contributed by atoms with Crippen molar-refractivity contribution in [2.75, 3.05) is 0 Å². The van der Waals surface area contributed by atoms with Gasteiger partial charge in [0.2, 0.25) is 0 Å². The molecule has 1 heterocycles. The molecule has 1 saturated carbocycles. The van der Waals surface area contributed by atoms with Gasteiger partial charge in [-0.15, -0.1) is 0 Å². The molecular weight excluding hydrogens is 232 g/mol. The lowest BCUT2D eigenvalue weighted by molar-refractivity contribution is 0.469. The fraction of sp³-hybridized carbons (Fsp3) is 0.357. The van der Waals surface area contributed by atoms with Crippen LogP contribution in [-0.2, 0) is 0 Å². The van der Waals surface area contributed by atoms with E-state index in [1.165, 1.54) is 25.7 Å². The molecule has 3 heteroatoms. The van der Waals surface area contributed by atoms with Gasteiger partial charge in [0.15, 0.2) is 0 Å². The van der Waals surface area contributed by atoms with Gasteiger partial charge in [-0.05, 0) is 12.8 Å². The molecule has 0 spiro atoms. The van der Waals surface area contributed by atoms with Crippen molar-refractivity contribution in [2.45, 2.75) is 31.7 Å². The Morgan fingerprint density at radius 1 is 1.12 bits per heavy atom. The topological polar surface area (TPSA) is 17.8 Å². The molecule has 0 saturated heterocycles. The van der Waals surface area contributed by atoms with Crippen molar-refractivity contribution in [3.05, 3.63) is 41.6 Å². The third kappa shape index (κ3) is 2.09. The molecule has 1 fully saturated rings. The minimum Gasteiger partial charge on any atom is -0.250 e. The Balaban J connectivity index is 1.95. The van der Waals surface area contributed by atoms with E-state index >= 15 is 0 Å². The third-order valence-electron chi connectivity index (χ3n) is 3.43. The van der Waals surface area contributed by atoms with Crippen molar-refractivity contribution >= 4 is 11.6 Å². The highest BCUT2D eigenvalue weighted by Gasteiger charge is 2.20. The van der Waals surface area contributed by atoms with Crippen LogP contribution in [0.2, 0.25) is 5.15 Å². The van der Waals surface area contributed by atoms with Crippen LogP contribution in [0.5, 0.6) is 0 Å². The minimum atomic E-state index is 0.500. The molecular formula is C14H15ClN2. The number of halogens is 1. The van der Waals surface area contributed by atoms with Gasteiger partial charge in [0, 0.05) is 11.6 Å². The Morgan fingerprint density at radius 2 is 1.82 bits per heavy atom. The Bertz CT molecular complexity index is 498. The highest BCUT2D eigenvalue weighted by atomic mass is 35.5. The van der Waals surface area contributed by atoms with Crippen LogP contribution < -0.4 is 0 Å². The number of nitrogens with zero attached hydrogens (tertiary/aromatic N) is 2. The first kappa shape index (κ1) is 10.8. The second-order valence-corrected chi connectivity index (χ2v) is 4.99. The maximum Gasteiger partial charge on any atom is 0.128 e. The summed E-state index contributed by atoms with van der Waals surface area (Å²) in [6.45, 7) is 0. The van der Waals surface area contributed by atoms with Crippen LogP contribution in [0.3, 0.4) is 0 Å². The van der Waals surface area contributed by atoms with Gasteiger partial charge in [-0.1, -0.05) is 54.8 Å². The van der Waals surface area contributed by atoms with E-state index in [0.717, 1.165) is 16.4 Å². The summed E-state index contributed by atoms with van der Waals surface area (Å²) in [5, 5.41) is 5.41. The molecule has 0 aliphatic heterocycles. The lowest BCUT2D eigenvalue weighted by atomic mass is 10.2. The van der Waals surface area contributed by atoms with Crippen molar-refractivity contribution < 1.29 is 0 Å². The molecule has 0 amide bonds. The fourth-order valence-electron chi connectivity index (χ4n) is 2.53. The molecule has 1 aliphatic rings. The van der Waals surface area contributed by atoms with Crippen LogP contribution in [0.15, 0.2) is 36.4 Å². The summed E-state index contributed by atoms with van der Waals surface area (Å²) in [5.41, 5.74) is 2.11. The Kier molecular flexibility index (Phi) is 2.89. The molecule has 88 valence electrons. The number of hydrogen-bond donors (Lipinski definition) is 0. The van der Waals surface area contributed by atoms with E-state index in [9.17, 15) is 0 Å². The molecule has 0 bridgehead atoms. The summed E-state index contributed by atoms with van der Waals surface area (Å²) in [5.74, 6) is 0. The van der Waals surface area contributed by atoms with Crippen molar-refractivity contribution in [1.29, 1.82) is 0 Å². The number of aromatic nitrogens is 2. The van der Waals surface area contributed by atoms with Crippen LogP contribution in [0, 0.1) is 0 Å². The first-order valence-corrected chi connectivity index (χ1v) is 6.53. The zero-order chi connectivity index (χ0) is 11.7. The molecule has 2 aromatic rings. The lowest BCUT2D eigenvalue weighted by Gasteiger charge is -2.10. The quantitative estimate of drug-likeness (QED) is 0.772. The van der Waals surface area contributed by atoms with Gasteiger partial charge in [-0.25, -0.2) is 0 Å². The zero-order valence-corrected chi connectivity index (χ0v) is 10.4. The van der Waals surface area contributed by atoms with Gasteiger partial charge in [0.1, 0.15) is 5.15 Å². The molecule has 3 rings (SSSR count). The van der Waals surface area contributed by atoms with E-state index in [2.05, 4.69) is 17.2 Å². The van der Waals surface area contributed by atoms with Crippen LogP contribution >= 0.6 is 11.6 Å². The van der Waals surface area contributed by atoms with Crippen LogP contribution in [0.25, 0.3) is 11.3 Å². The number of rotatable bonds is 2. The largest absolute Gasteiger partial charge is 0.250 e. The molecule has 1 aromatic carbocycles. The molecule has 17 heavy (non-hydrogen) atoms. The van der Waals surface area contributed by atoms with Crippen molar-refractivity contribution in [1.82, 2.24) is 9.78 Å². The first-order valence-electron chi connectivity index (χ1n) is 6.15. The van der Waals surface area contributed by atoms with Gasteiger partial charge in [0.25, 0.3) is 0 Å². The van der Waals surface area contributed by atoms with E-state index < -0.39 is 0 Å². The van der Waals surface area contributed by atoms with Crippen LogP contribution in [-0.4, -0.2) is 9.78 Å². The summed E-state index contributed by atoms with van der Waals surface area (Å²) >= 11 is 6.28. The molecule has 0 radical (unpaired) electrons. The number of hydrogen-bond acceptors (Lipinski definition) is 1. The van der Waals surface area contributed by atoms with Gasteiger partial charge < -0.3 is 0 Å². The predicted octanol–water partition coefficient (Wildman–Crippen LogP) is 4.32. The Hall–Kier alpha value is -1.28. The highest BCUT2D eigenvalue weighted by Crippen LogP contribution is 2.33. The second-order valence-electron chi connectivity index (χ2n) is 4.60. The molecule has 1 aliphatic carbocycles. The molecule has 0 unspecified atom stereocenters. The van der Waals surface area contributed by atoms with E-state index in [-0.39, 0.29) is 0 Å². The number of benzene rings is 1. The predicted molar refractivity (Wildman–Crippen MR) is 70.2 cm³/mol. The molecule has 2 nitrogen and oxygen atoms in total.